The first-order valence-electron chi connectivity index (χ1n) is 8.93. The Morgan fingerprint density at radius 3 is 2.33 bits per heavy atom. The number of hydrogen-bond donors (Lipinski definition) is 1. The second kappa shape index (κ2) is 7.86. The number of nitrogens with zero attached hydrogens (tertiary/aromatic N) is 1. The molecule has 1 heterocycles. The van der Waals surface area contributed by atoms with E-state index in [1.165, 1.54) is 0 Å². The van der Waals surface area contributed by atoms with Crippen LogP contribution in [0.3, 0.4) is 0 Å². The van der Waals surface area contributed by atoms with Gasteiger partial charge in [-0.15, -0.1) is 0 Å². The van der Waals surface area contributed by atoms with Crippen molar-refractivity contribution in [3.05, 3.63) is 71.3 Å². The lowest BCUT2D eigenvalue weighted by Crippen LogP contribution is -2.49. The molecule has 1 amide bonds. The third kappa shape index (κ3) is 3.99. The maximum absolute atomic E-state index is 13.7. The van der Waals surface area contributed by atoms with Gasteiger partial charge in [-0.25, -0.2) is 8.78 Å². The molecule has 1 fully saturated rings. The van der Waals surface area contributed by atoms with Crippen LogP contribution in [0.2, 0.25) is 0 Å². The summed E-state index contributed by atoms with van der Waals surface area (Å²) in [6.45, 7) is 0.650. The van der Waals surface area contributed by atoms with Crippen molar-refractivity contribution in [3.63, 3.8) is 0 Å². The van der Waals surface area contributed by atoms with Crippen LogP contribution in [0.1, 0.15) is 30.4 Å². The van der Waals surface area contributed by atoms with Crippen molar-refractivity contribution in [1.82, 2.24) is 4.90 Å². The fraction of sp³-hybridized carbons (Fsp3) is 0.333. The second-order valence-electron chi connectivity index (χ2n) is 6.87. The van der Waals surface area contributed by atoms with E-state index in [-0.39, 0.29) is 24.3 Å². The molecule has 0 radical (unpaired) electrons. The van der Waals surface area contributed by atoms with Crippen LogP contribution in [-0.4, -0.2) is 35.0 Å². The maximum atomic E-state index is 13.7. The number of piperidine rings is 1. The molecule has 0 spiro atoms. The molecule has 0 bridgehead atoms. The first-order chi connectivity index (χ1) is 12.9. The largest absolute Gasteiger partial charge is 0.481 e. The van der Waals surface area contributed by atoms with Gasteiger partial charge < -0.3 is 10.0 Å². The Kier molecular flexibility index (Phi) is 5.54. The van der Waals surface area contributed by atoms with Gasteiger partial charge in [-0.1, -0.05) is 30.3 Å². The smallest absolute Gasteiger partial charge is 0.314 e. The van der Waals surface area contributed by atoms with Crippen LogP contribution in [0.5, 0.6) is 0 Å². The Morgan fingerprint density at radius 1 is 1.04 bits per heavy atom. The van der Waals surface area contributed by atoms with Crippen LogP contribution in [-0.2, 0) is 21.4 Å². The number of amides is 1. The number of likely N-dealkylation sites (tertiary alicyclic amines) is 1. The number of benzene rings is 2. The van der Waals surface area contributed by atoms with Crippen molar-refractivity contribution in [2.45, 2.75) is 31.1 Å². The van der Waals surface area contributed by atoms with Gasteiger partial charge in [-0.2, -0.15) is 0 Å². The molecule has 6 heteroatoms. The summed E-state index contributed by atoms with van der Waals surface area (Å²) < 4.78 is 26.9. The molecule has 3 rings (SSSR count). The van der Waals surface area contributed by atoms with Crippen LogP contribution in [0.4, 0.5) is 8.78 Å². The zero-order valence-corrected chi connectivity index (χ0v) is 14.8. The molecule has 27 heavy (non-hydrogen) atoms. The first kappa shape index (κ1) is 19.0. The van der Waals surface area contributed by atoms with Gasteiger partial charge in [0.25, 0.3) is 0 Å². The number of carbonyl (C=O) groups is 2. The van der Waals surface area contributed by atoms with E-state index in [9.17, 15) is 23.5 Å². The minimum atomic E-state index is -0.993. The van der Waals surface area contributed by atoms with Crippen molar-refractivity contribution in [1.29, 1.82) is 0 Å². The molecule has 2 aromatic carbocycles. The summed E-state index contributed by atoms with van der Waals surface area (Å²) in [5, 5.41) is 9.79. The molecule has 1 N–H and O–H groups in total. The molecule has 142 valence electrons. The number of aryl methyl sites for hydroxylation is 1. The molecule has 1 aliphatic heterocycles. The van der Waals surface area contributed by atoms with Crippen LogP contribution in [0.25, 0.3) is 0 Å². The van der Waals surface area contributed by atoms with Crippen LogP contribution in [0, 0.1) is 11.6 Å². The normalized spacial score (nSPS) is 16.1. The molecule has 0 aromatic heterocycles. The molecule has 0 aliphatic carbocycles. The van der Waals surface area contributed by atoms with Crippen molar-refractivity contribution < 1.29 is 23.5 Å². The van der Waals surface area contributed by atoms with Crippen molar-refractivity contribution >= 4 is 11.9 Å². The van der Waals surface area contributed by atoms with Gasteiger partial charge in [-0.05, 0) is 48.6 Å². The average molecular weight is 373 g/mol. The molecule has 0 unspecified atom stereocenters. The van der Waals surface area contributed by atoms with Crippen LogP contribution < -0.4 is 0 Å². The van der Waals surface area contributed by atoms with E-state index < -0.39 is 23.0 Å². The first-order valence-corrected chi connectivity index (χ1v) is 8.93. The Labute approximate surface area is 156 Å². The SMILES string of the molecule is O=C(CCc1cc(F)ccc1F)N1CCC(C(=O)O)(c2ccccc2)CC1. The molecule has 0 saturated carbocycles. The van der Waals surface area contributed by atoms with E-state index in [4.69, 9.17) is 0 Å². The average Bonchev–Trinajstić information content (AvgIpc) is 2.69. The number of rotatable bonds is 5. The van der Waals surface area contributed by atoms with E-state index in [0.717, 1.165) is 23.8 Å². The monoisotopic (exact) mass is 373 g/mol. The number of hydrogen-bond acceptors (Lipinski definition) is 2. The van der Waals surface area contributed by atoms with Gasteiger partial charge in [0, 0.05) is 19.5 Å². The fourth-order valence-electron chi connectivity index (χ4n) is 3.66. The van der Waals surface area contributed by atoms with E-state index >= 15 is 0 Å². The fourth-order valence-corrected chi connectivity index (χ4v) is 3.66. The molecule has 2 aromatic rings. The highest BCUT2D eigenvalue weighted by atomic mass is 19.1. The topological polar surface area (TPSA) is 57.6 Å². The van der Waals surface area contributed by atoms with Crippen LogP contribution >= 0.6 is 0 Å². The van der Waals surface area contributed by atoms with Gasteiger partial charge in [-0.3, -0.25) is 9.59 Å². The highest BCUT2D eigenvalue weighted by molar-refractivity contribution is 5.82. The zero-order valence-electron chi connectivity index (χ0n) is 14.8. The predicted octanol–water partition coefficient (Wildman–Crippen LogP) is 3.54. The lowest BCUT2D eigenvalue weighted by Gasteiger charge is -2.39. The molecular weight excluding hydrogens is 352 g/mol. The molecular formula is C21H21F2NO3. The summed E-state index contributed by atoms with van der Waals surface area (Å²) in [7, 11) is 0. The van der Waals surface area contributed by atoms with Crippen molar-refractivity contribution in [2.75, 3.05) is 13.1 Å². The number of carboxylic acid groups (broad SMARTS) is 1. The zero-order chi connectivity index (χ0) is 19.4. The number of carboxylic acids is 1. The number of carbonyl (C=O) groups excluding carboxylic acids is 1. The highest BCUT2D eigenvalue weighted by Gasteiger charge is 2.43. The van der Waals surface area contributed by atoms with Crippen molar-refractivity contribution in [3.8, 4) is 0 Å². The lowest BCUT2D eigenvalue weighted by molar-refractivity contribution is -0.148. The second-order valence-corrected chi connectivity index (χ2v) is 6.87. The molecule has 1 aliphatic rings. The molecule has 4 nitrogen and oxygen atoms in total. The molecule has 0 atom stereocenters. The Balaban J connectivity index is 1.63. The summed E-state index contributed by atoms with van der Waals surface area (Å²) in [4.78, 5) is 26.0. The van der Waals surface area contributed by atoms with Gasteiger partial charge in [0.05, 0.1) is 5.41 Å². The van der Waals surface area contributed by atoms with E-state index in [2.05, 4.69) is 0 Å². The third-order valence-corrected chi connectivity index (χ3v) is 5.32. The number of aliphatic carboxylic acids is 1. The van der Waals surface area contributed by atoms with E-state index in [1.807, 2.05) is 18.2 Å². The van der Waals surface area contributed by atoms with E-state index in [0.29, 0.717) is 25.9 Å². The number of halogens is 2. The minimum absolute atomic E-state index is 0.0613. The summed E-state index contributed by atoms with van der Waals surface area (Å²) >= 11 is 0. The summed E-state index contributed by atoms with van der Waals surface area (Å²) in [5.74, 6) is -2.13. The predicted molar refractivity (Wildman–Crippen MR) is 96.2 cm³/mol. The quantitative estimate of drug-likeness (QED) is 0.872. The summed E-state index contributed by atoms with van der Waals surface area (Å²) in [6.07, 6.45) is 0.826. The summed E-state index contributed by atoms with van der Waals surface area (Å²) in [6, 6.07) is 12.3. The van der Waals surface area contributed by atoms with Gasteiger partial charge in [0.2, 0.25) is 5.91 Å². The van der Waals surface area contributed by atoms with Crippen molar-refractivity contribution in [2.24, 2.45) is 0 Å². The Morgan fingerprint density at radius 2 is 1.70 bits per heavy atom. The third-order valence-electron chi connectivity index (χ3n) is 5.32. The standard InChI is InChI=1S/C21H21F2NO3/c22-17-7-8-18(23)15(14-17)6-9-19(25)24-12-10-21(11-13-24,20(26)27)16-4-2-1-3-5-16/h1-5,7-8,14H,6,9-13H2,(H,26,27). The van der Waals surface area contributed by atoms with Gasteiger partial charge in [0.15, 0.2) is 0 Å². The minimum Gasteiger partial charge on any atom is -0.481 e. The summed E-state index contributed by atoms with van der Waals surface area (Å²) in [5.41, 5.74) is -0.0804. The lowest BCUT2D eigenvalue weighted by atomic mass is 9.73. The van der Waals surface area contributed by atoms with Crippen LogP contribution in [0.15, 0.2) is 48.5 Å². The van der Waals surface area contributed by atoms with Gasteiger partial charge >= 0.3 is 5.97 Å². The maximum Gasteiger partial charge on any atom is 0.314 e. The Bertz CT molecular complexity index is 831. The van der Waals surface area contributed by atoms with E-state index in [1.54, 1.807) is 17.0 Å². The molecule has 1 saturated heterocycles. The Hall–Kier alpha value is -2.76. The highest BCUT2D eigenvalue weighted by Crippen LogP contribution is 2.36. The van der Waals surface area contributed by atoms with Gasteiger partial charge in [0.1, 0.15) is 11.6 Å².